The number of fused-ring (bicyclic) bond motifs is 1. The summed E-state index contributed by atoms with van der Waals surface area (Å²) in [5.74, 6) is 0.485. The molecule has 0 aliphatic carbocycles. The van der Waals surface area contributed by atoms with Crippen molar-refractivity contribution in [3.05, 3.63) is 45.6 Å². The van der Waals surface area contributed by atoms with Gasteiger partial charge in [0.05, 0.1) is 35.9 Å². The lowest BCUT2D eigenvalue weighted by Gasteiger charge is -2.08. The van der Waals surface area contributed by atoms with Gasteiger partial charge in [0.1, 0.15) is 23.5 Å². The van der Waals surface area contributed by atoms with Crippen LogP contribution in [0.5, 0.6) is 5.75 Å². The minimum atomic E-state index is -0.707. The molecule has 3 heterocycles. The average Bonchev–Trinajstić information content (AvgIpc) is 3.39. The summed E-state index contributed by atoms with van der Waals surface area (Å²) >= 11 is 1.55. The number of hydrogen-bond donors (Lipinski definition) is 0. The van der Waals surface area contributed by atoms with Crippen molar-refractivity contribution in [2.24, 2.45) is 0 Å². The normalized spacial score (nSPS) is 14.7. The number of ether oxygens (including phenoxy) is 4. The molecule has 27 heavy (non-hydrogen) atoms. The third kappa shape index (κ3) is 3.55. The highest BCUT2D eigenvalue weighted by Gasteiger charge is 2.31. The second kappa shape index (κ2) is 7.67. The zero-order chi connectivity index (χ0) is 18.8. The van der Waals surface area contributed by atoms with Gasteiger partial charge in [-0.3, -0.25) is 0 Å². The van der Waals surface area contributed by atoms with Gasteiger partial charge < -0.3 is 23.4 Å². The molecule has 8 heteroatoms. The standard InChI is InChI=1S/C19H19NO6S/c1-3-22-18(21)16-13-8-12(25-9-15-11(2)20-10-27-15)4-5-14(13)26-17(16)19-23-6-7-24-19/h4-5,8,10,19H,3,6-7,9H2,1-2H3. The summed E-state index contributed by atoms with van der Waals surface area (Å²) in [7, 11) is 0. The summed E-state index contributed by atoms with van der Waals surface area (Å²) in [4.78, 5) is 17.8. The monoisotopic (exact) mass is 389 g/mol. The fourth-order valence-corrected chi connectivity index (χ4v) is 3.58. The van der Waals surface area contributed by atoms with Crippen LogP contribution < -0.4 is 4.74 Å². The van der Waals surface area contributed by atoms with E-state index >= 15 is 0 Å². The topological polar surface area (TPSA) is 80.0 Å². The van der Waals surface area contributed by atoms with Crippen LogP contribution in [0, 0.1) is 6.92 Å². The van der Waals surface area contributed by atoms with Crippen molar-refractivity contribution in [1.82, 2.24) is 4.98 Å². The summed E-state index contributed by atoms with van der Waals surface area (Å²) in [5, 5.41) is 0.612. The van der Waals surface area contributed by atoms with E-state index in [9.17, 15) is 4.79 Å². The molecule has 0 radical (unpaired) electrons. The van der Waals surface area contributed by atoms with Crippen molar-refractivity contribution in [3.63, 3.8) is 0 Å². The molecule has 1 aliphatic heterocycles. The van der Waals surface area contributed by atoms with Crippen LogP contribution in [0.15, 0.2) is 28.1 Å². The number of carbonyl (C=O) groups is 1. The molecule has 0 atom stereocenters. The molecule has 2 aromatic heterocycles. The van der Waals surface area contributed by atoms with E-state index in [1.165, 1.54) is 0 Å². The SMILES string of the molecule is CCOC(=O)c1c(C2OCCO2)oc2ccc(OCc3scnc3C)cc12. The van der Waals surface area contributed by atoms with Crippen molar-refractivity contribution in [2.45, 2.75) is 26.7 Å². The Morgan fingerprint density at radius 1 is 1.33 bits per heavy atom. The predicted octanol–water partition coefficient (Wildman–Crippen LogP) is 4.00. The van der Waals surface area contributed by atoms with Gasteiger partial charge in [-0.2, -0.15) is 0 Å². The van der Waals surface area contributed by atoms with Gasteiger partial charge in [0.2, 0.25) is 6.29 Å². The first-order valence-electron chi connectivity index (χ1n) is 8.66. The lowest BCUT2D eigenvalue weighted by atomic mass is 10.1. The summed E-state index contributed by atoms with van der Waals surface area (Å²) in [6.45, 7) is 5.28. The molecule has 0 unspecified atom stereocenters. The number of aryl methyl sites for hydroxylation is 1. The Hall–Kier alpha value is -2.42. The third-order valence-electron chi connectivity index (χ3n) is 4.22. The van der Waals surface area contributed by atoms with Crippen LogP contribution in [-0.4, -0.2) is 30.8 Å². The Labute approximate surface area is 159 Å². The van der Waals surface area contributed by atoms with E-state index in [4.69, 9.17) is 23.4 Å². The Morgan fingerprint density at radius 2 is 2.15 bits per heavy atom. The first kappa shape index (κ1) is 18.0. The lowest BCUT2D eigenvalue weighted by Crippen LogP contribution is -2.09. The molecule has 142 valence electrons. The molecule has 1 saturated heterocycles. The third-order valence-corrected chi connectivity index (χ3v) is 5.13. The minimum absolute atomic E-state index is 0.262. The zero-order valence-corrected chi connectivity index (χ0v) is 15.8. The second-order valence-electron chi connectivity index (χ2n) is 5.94. The molecule has 1 fully saturated rings. The summed E-state index contributed by atoms with van der Waals surface area (Å²) < 4.78 is 28.0. The van der Waals surface area contributed by atoms with E-state index in [-0.39, 0.29) is 6.61 Å². The molecule has 7 nitrogen and oxygen atoms in total. The summed E-state index contributed by atoms with van der Waals surface area (Å²) in [6.07, 6.45) is -0.707. The van der Waals surface area contributed by atoms with Crippen LogP contribution in [0.2, 0.25) is 0 Å². The smallest absolute Gasteiger partial charge is 0.342 e. The highest BCUT2D eigenvalue weighted by atomic mass is 32.1. The molecular weight excluding hydrogens is 370 g/mol. The molecule has 4 rings (SSSR count). The fourth-order valence-electron chi connectivity index (χ4n) is 2.89. The van der Waals surface area contributed by atoms with Crippen LogP contribution in [0.4, 0.5) is 0 Å². The Kier molecular flexibility index (Phi) is 5.11. The Bertz CT molecular complexity index is 956. The van der Waals surface area contributed by atoms with Crippen LogP contribution in [0.3, 0.4) is 0 Å². The van der Waals surface area contributed by atoms with E-state index in [1.807, 2.05) is 6.92 Å². The summed E-state index contributed by atoms with van der Waals surface area (Å²) in [5.41, 5.74) is 3.61. The van der Waals surface area contributed by atoms with Gasteiger partial charge in [-0.1, -0.05) is 0 Å². The van der Waals surface area contributed by atoms with E-state index < -0.39 is 12.3 Å². The molecular formula is C19H19NO6S. The maximum absolute atomic E-state index is 12.6. The van der Waals surface area contributed by atoms with Gasteiger partial charge in [0.25, 0.3) is 0 Å². The first-order chi connectivity index (χ1) is 13.2. The van der Waals surface area contributed by atoms with Crippen molar-refractivity contribution in [1.29, 1.82) is 0 Å². The number of hydrogen-bond acceptors (Lipinski definition) is 8. The van der Waals surface area contributed by atoms with Crippen molar-refractivity contribution in [3.8, 4) is 5.75 Å². The molecule has 0 amide bonds. The molecule has 0 bridgehead atoms. The fraction of sp³-hybridized carbons (Fsp3) is 0.368. The van der Waals surface area contributed by atoms with Crippen molar-refractivity contribution >= 4 is 28.3 Å². The van der Waals surface area contributed by atoms with Gasteiger partial charge in [-0.25, -0.2) is 9.78 Å². The molecule has 1 aliphatic rings. The van der Waals surface area contributed by atoms with E-state index in [0.717, 1.165) is 10.6 Å². The largest absolute Gasteiger partial charge is 0.488 e. The maximum Gasteiger partial charge on any atom is 0.342 e. The number of furan rings is 1. The highest BCUT2D eigenvalue weighted by Crippen LogP contribution is 2.36. The quantitative estimate of drug-likeness (QED) is 0.590. The average molecular weight is 389 g/mol. The van der Waals surface area contributed by atoms with E-state index in [1.54, 1.807) is 42.0 Å². The Balaban J connectivity index is 1.69. The number of thiazole rings is 1. The predicted molar refractivity (Wildman–Crippen MR) is 98.0 cm³/mol. The van der Waals surface area contributed by atoms with Gasteiger partial charge in [0, 0.05) is 5.39 Å². The zero-order valence-electron chi connectivity index (χ0n) is 15.0. The number of esters is 1. The van der Waals surface area contributed by atoms with E-state index in [0.29, 0.717) is 47.9 Å². The van der Waals surface area contributed by atoms with Crippen LogP contribution in [0.25, 0.3) is 11.0 Å². The number of benzene rings is 1. The van der Waals surface area contributed by atoms with Gasteiger partial charge in [0.15, 0.2) is 5.76 Å². The maximum atomic E-state index is 12.6. The highest BCUT2D eigenvalue weighted by molar-refractivity contribution is 7.09. The number of rotatable bonds is 6. The molecule has 3 aromatic rings. The molecule has 0 N–H and O–H groups in total. The lowest BCUT2D eigenvalue weighted by molar-refractivity contribution is -0.0588. The Morgan fingerprint density at radius 3 is 2.85 bits per heavy atom. The second-order valence-corrected chi connectivity index (χ2v) is 6.88. The number of aromatic nitrogens is 1. The summed E-state index contributed by atoms with van der Waals surface area (Å²) in [6, 6.07) is 5.35. The van der Waals surface area contributed by atoms with Gasteiger partial charge in [-0.05, 0) is 32.0 Å². The van der Waals surface area contributed by atoms with E-state index in [2.05, 4.69) is 4.98 Å². The number of nitrogens with zero attached hydrogens (tertiary/aromatic N) is 1. The van der Waals surface area contributed by atoms with Gasteiger partial charge in [-0.15, -0.1) is 11.3 Å². The molecule has 0 spiro atoms. The van der Waals surface area contributed by atoms with Crippen LogP contribution in [-0.2, 0) is 20.8 Å². The van der Waals surface area contributed by atoms with Crippen molar-refractivity contribution < 1.29 is 28.2 Å². The van der Waals surface area contributed by atoms with Crippen LogP contribution >= 0.6 is 11.3 Å². The van der Waals surface area contributed by atoms with Crippen molar-refractivity contribution in [2.75, 3.05) is 19.8 Å². The number of carbonyl (C=O) groups excluding carboxylic acids is 1. The molecule has 0 saturated carbocycles. The van der Waals surface area contributed by atoms with Gasteiger partial charge >= 0.3 is 5.97 Å². The van der Waals surface area contributed by atoms with Crippen LogP contribution in [0.1, 0.15) is 39.9 Å². The molecule has 1 aromatic carbocycles. The first-order valence-corrected chi connectivity index (χ1v) is 9.54. The minimum Gasteiger partial charge on any atom is -0.488 e.